The van der Waals surface area contributed by atoms with Gasteiger partial charge in [0.05, 0.1) is 18.6 Å². The molecule has 142 valence electrons. The van der Waals surface area contributed by atoms with Crippen molar-refractivity contribution in [1.29, 1.82) is 0 Å². The Labute approximate surface area is 159 Å². The lowest BCUT2D eigenvalue weighted by atomic mass is 10.2. The molecule has 3 heterocycles. The minimum absolute atomic E-state index is 0.144. The number of furan rings is 1. The highest BCUT2D eigenvalue weighted by Gasteiger charge is 2.21. The topological polar surface area (TPSA) is 94.9 Å². The van der Waals surface area contributed by atoms with Gasteiger partial charge in [0.15, 0.2) is 0 Å². The Morgan fingerprint density at radius 2 is 2.04 bits per heavy atom. The number of benzene rings is 1. The maximum Gasteiger partial charge on any atom is 0.297 e. The van der Waals surface area contributed by atoms with Gasteiger partial charge in [-0.1, -0.05) is 25.0 Å². The van der Waals surface area contributed by atoms with E-state index in [1.807, 2.05) is 22.9 Å². The third-order valence-electron chi connectivity index (χ3n) is 5.27. The van der Waals surface area contributed by atoms with Crippen molar-refractivity contribution in [3.05, 3.63) is 53.2 Å². The molecule has 1 saturated carbocycles. The fourth-order valence-electron chi connectivity index (χ4n) is 3.92. The smallest absolute Gasteiger partial charge is 0.297 e. The molecule has 0 atom stereocenters. The molecule has 1 fully saturated rings. The molecule has 0 saturated heterocycles. The fourth-order valence-corrected chi connectivity index (χ4v) is 3.92. The molecule has 8 heteroatoms. The molecule has 0 bridgehead atoms. The van der Waals surface area contributed by atoms with Crippen LogP contribution in [0.15, 0.2) is 52.1 Å². The zero-order chi connectivity index (χ0) is 19.1. The van der Waals surface area contributed by atoms with Crippen molar-refractivity contribution >= 4 is 33.8 Å². The van der Waals surface area contributed by atoms with Gasteiger partial charge < -0.3 is 9.73 Å². The minimum Gasteiger partial charge on any atom is -0.448 e. The lowest BCUT2D eigenvalue weighted by Gasteiger charge is -2.14. The van der Waals surface area contributed by atoms with E-state index in [1.165, 1.54) is 23.7 Å². The van der Waals surface area contributed by atoms with Crippen LogP contribution in [0.25, 0.3) is 22.1 Å². The summed E-state index contributed by atoms with van der Waals surface area (Å²) in [7, 11) is 0. The molecule has 1 aliphatic rings. The lowest BCUT2D eigenvalue weighted by molar-refractivity contribution is -0.116. The summed E-state index contributed by atoms with van der Waals surface area (Å²) in [5.41, 5.74) is 0.898. The standard InChI is InChI=1S/C20H19N5O3/c26-17(23-16-9-10-22-25(16)13-5-1-2-6-13)11-24-12-21-18-14-7-3-4-8-15(14)28-19(18)20(24)27/h3-4,7-10,12-13H,1-2,5-6,11H2,(H,23,26). The van der Waals surface area contributed by atoms with Gasteiger partial charge in [0.2, 0.25) is 11.5 Å². The quantitative estimate of drug-likeness (QED) is 0.590. The molecular formula is C20H19N5O3. The lowest BCUT2D eigenvalue weighted by Crippen LogP contribution is -2.28. The van der Waals surface area contributed by atoms with Crippen LogP contribution in [0.5, 0.6) is 0 Å². The first kappa shape index (κ1) is 16.7. The number of fused-ring (bicyclic) bond motifs is 3. The van der Waals surface area contributed by atoms with Crippen molar-refractivity contribution in [2.75, 3.05) is 5.32 Å². The van der Waals surface area contributed by atoms with E-state index in [0.717, 1.165) is 18.2 Å². The van der Waals surface area contributed by atoms with Gasteiger partial charge in [-0.25, -0.2) is 9.67 Å². The Morgan fingerprint density at radius 1 is 1.21 bits per heavy atom. The summed E-state index contributed by atoms with van der Waals surface area (Å²) in [5.74, 6) is 0.349. The van der Waals surface area contributed by atoms with E-state index in [9.17, 15) is 9.59 Å². The van der Waals surface area contributed by atoms with Gasteiger partial charge >= 0.3 is 0 Å². The number of carbonyl (C=O) groups is 1. The molecule has 0 aliphatic heterocycles. The highest BCUT2D eigenvalue weighted by molar-refractivity contribution is 6.01. The fraction of sp³-hybridized carbons (Fsp3) is 0.300. The molecule has 8 nitrogen and oxygen atoms in total. The van der Waals surface area contributed by atoms with Crippen LogP contribution in [-0.2, 0) is 11.3 Å². The molecule has 1 aromatic carbocycles. The summed E-state index contributed by atoms with van der Waals surface area (Å²) in [6.45, 7) is -0.144. The normalized spacial score (nSPS) is 14.9. The number of anilines is 1. The Bertz CT molecular complexity index is 1230. The van der Waals surface area contributed by atoms with Crippen LogP contribution in [0.4, 0.5) is 5.82 Å². The van der Waals surface area contributed by atoms with Crippen LogP contribution in [0.3, 0.4) is 0 Å². The second kappa shape index (κ2) is 6.63. The first-order valence-corrected chi connectivity index (χ1v) is 9.41. The number of nitrogens with zero attached hydrogens (tertiary/aromatic N) is 4. The van der Waals surface area contributed by atoms with Gasteiger partial charge in [0, 0.05) is 11.5 Å². The molecule has 5 rings (SSSR count). The zero-order valence-electron chi connectivity index (χ0n) is 15.2. The number of hydrogen-bond donors (Lipinski definition) is 1. The number of amides is 1. The van der Waals surface area contributed by atoms with Crippen LogP contribution < -0.4 is 10.9 Å². The number of carbonyl (C=O) groups excluding carboxylic acids is 1. The minimum atomic E-state index is -0.374. The van der Waals surface area contributed by atoms with Crippen molar-refractivity contribution < 1.29 is 9.21 Å². The summed E-state index contributed by atoms with van der Waals surface area (Å²) in [4.78, 5) is 29.6. The number of aromatic nitrogens is 4. The molecule has 28 heavy (non-hydrogen) atoms. The molecule has 3 aromatic heterocycles. The third kappa shape index (κ3) is 2.77. The molecular weight excluding hydrogens is 358 g/mol. The number of rotatable bonds is 4. The summed E-state index contributed by atoms with van der Waals surface area (Å²) < 4.78 is 8.79. The highest BCUT2D eigenvalue weighted by Crippen LogP contribution is 2.31. The third-order valence-corrected chi connectivity index (χ3v) is 5.27. The van der Waals surface area contributed by atoms with Crippen molar-refractivity contribution in [2.45, 2.75) is 38.3 Å². The van der Waals surface area contributed by atoms with Gasteiger partial charge in [0.25, 0.3) is 5.56 Å². The van der Waals surface area contributed by atoms with E-state index in [1.54, 1.807) is 18.3 Å². The van der Waals surface area contributed by atoms with Crippen LogP contribution in [0.1, 0.15) is 31.7 Å². The van der Waals surface area contributed by atoms with Crippen molar-refractivity contribution in [3.63, 3.8) is 0 Å². The van der Waals surface area contributed by atoms with E-state index < -0.39 is 0 Å². The first-order chi connectivity index (χ1) is 13.7. The molecule has 4 aromatic rings. The van der Waals surface area contributed by atoms with Crippen LogP contribution in [-0.4, -0.2) is 25.2 Å². The second-order valence-electron chi connectivity index (χ2n) is 7.10. The monoisotopic (exact) mass is 377 g/mol. The van der Waals surface area contributed by atoms with Gasteiger partial charge in [-0.05, 0) is 25.0 Å². The largest absolute Gasteiger partial charge is 0.448 e. The Kier molecular flexibility index (Phi) is 3.96. The molecule has 1 amide bonds. The zero-order valence-corrected chi connectivity index (χ0v) is 15.2. The van der Waals surface area contributed by atoms with E-state index in [-0.39, 0.29) is 23.6 Å². The van der Waals surface area contributed by atoms with E-state index >= 15 is 0 Å². The summed E-state index contributed by atoms with van der Waals surface area (Å²) in [6, 6.07) is 9.45. The summed E-state index contributed by atoms with van der Waals surface area (Å²) in [6.07, 6.45) is 7.56. The predicted molar refractivity (Wildman–Crippen MR) is 104 cm³/mol. The number of nitrogens with one attached hydrogen (secondary N) is 1. The first-order valence-electron chi connectivity index (χ1n) is 9.41. The van der Waals surface area contributed by atoms with Crippen LogP contribution in [0.2, 0.25) is 0 Å². The van der Waals surface area contributed by atoms with Crippen molar-refractivity contribution in [3.8, 4) is 0 Å². The van der Waals surface area contributed by atoms with Crippen LogP contribution in [0, 0.1) is 0 Å². The summed E-state index contributed by atoms with van der Waals surface area (Å²) in [5, 5.41) is 7.99. The number of hydrogen-bond acceptors (Lipinski definition) is 5. The molecule has 0 unspecified atom stereocenters. The van der Waals surface area contributed by atoms with Crippen molar-refractivity contribution in [1.82, 2.24) is 19.3 Å². The van der Waals surface area contributed by atoms with E-state index in [0.29, 0.717) is 23.0 Å². The SMILES string of the molecule is O=C(Cn1cnc2c(oc3ccccc32)c1=O)Nc1ccnn1C1CCCC1. The van der Waals surface area contributed by atoms with Gasteiger partial charge in [-0.3, -0.25) is 14.2 Å². The highest BCUT2D eigenvalue weighted by atomic mass is 16.3. The maximum atomic E-state index is 12.7. The Morgan fingerprint density at radius 3 is 2.89 bits per heavy atom. The number of para-hydroxylation sites is 1. The van der Waals surface area contributed by atoms with E-state index in [4.69, 9.17) is 4.42 Å². The maximum absolute atomic E-state index is 12.7. The molecule has 0 radical (unpaired) electrons. The second-order valence-corrected chi connectivity index (χ2v) is 7.10. The average Bonchev–Trinajstić information content (AvgIpc) is 3.43. The Hall–Kier alpha value is -3.42. The average molecular weight is 377 g/mol. The molecule has 1 aliphatic carbocycles. The Balaban J connectivity index is 1.40. The molecule has 0 spiro atoms. The molecule has 1 N–H and O–H groups in total. The van der Waals surface area contributed by atoms with Gasteiger partial charge in [-0.15, -0.1) is 0 Å². The van der Waals surface area contributed by atoms with Gasteiger partial charge in [-0.2, -0.15) is 5.10 Å². The van der Waals surface area contributed by atoms with Gasteiger partial charge in [0.1, 0.15) is 23.5 Å². The van der Waals surface area contributed by atoms with E-state index in [2.05, 4.69) is 15.4 Å². The summed E-state index contributed by atoms with van der Waals surface area (Å²) >= 11 is 0. The van der Waals surface area contributed by atoms with Crippen molar-refractivity contribution in [2.24, 2.45) is 0 Å². The van der Waals surface area contributed by atoms with Crippen LogP contribution >= 0.6 is 0 Å². The predicted octanol–water partition coefficient (Wildman–Crippen LogP) is 3.09.